The Labute approximate surface area is 152 Å². The molecule has 138 valence electrons. The van der Waals surface area contributed by atoms with Gasteiger partial charge in [0.25, 0.3) is 0 Å². The molecular weight excluding hydrogens is 310 g/mol. The Kier molecular flexibility index (Phi) is 6.19. The van der Waals surface area contributed by atoms with E-state index in [0.29, 0.717) is 0 Å². The van der Waals surface area contributed by atoms with Crippen LogP contribution in [0.4, 0.5) is 5.69 Å². The van der Waals surface area contributed by atoms with E-state index in [2.05, 4.69) is 63.7 Å². The number of guanidine groups is 1. The molecule has 0 radical (unpaired) electrons. The van der Waals surface area contributed by atoms with Crippen molar-refractivity contribution in [3.8, 4) is 0 Å². The number of nitrogens with one attached hydrogen (secondary N) is 2. The summed E-state index contributed by atoms with van der Waals surface area (Å²) >= 11 is 0. The van der Waals surface area contributed by atoms with Crippen LogP contribution in [0.5, 0.6) is 0 Å². The second-order valence-corrected chi connectivity index (χ2v) is 7.53. The number of hydrogen-bond acceptors (Lipinski definition) is 3. The molecule has 0 saturated carbocycles. The lowest BCUT2D eigenvalue weighted by molar-refractivity contribution is 0.393. The molecule has 2 N–H and O–H groups in total. The average molecular weight is 344 g/mol. The first-order valence-electron chi connectivity index (χ1n) is 9.66. The molecule has 1 aromatic rings. The summed E-state index contributed by atoms with van der Waals surface area (Å²) in [5.74, 6) is 1.62. The smallest absolute Gasteiger partial charge is 0.191 e. The fourth-order valence-electron chi connectivity index (χ4n) is 3.88. The minimum Gasteiger partial charge on any atom is -0.372 e. The zero-order chi connectivity index (χ0) is 17.6. The van der Waals surface area contributed by atoms with Gasteiger partial charge in [0.1, 0.15) is 0 Å². The van der Waals surface area contributed by atoms with Gasteiger partial charge in [0, 0.05) is 38.9 Å². The third kappa shape index (κ3) is 4.88. The Balaban J connectivity index is 1.54. The zero-order valence-corrected chi connectivity index (χ0v) is 16.0. The molecule has 2 aliphatic heterocycles. The SMILES string of the molecule is CN=C(NCC1CCN(C)C1)NC(C)c1cccc(N2CCCC2)c1. The highest BCUT2D eigenvalue weighted by molar-refractivity contribution is 5.80. The number of rotatable bonds is 5. The summed E-state index contributed by atoms with van der Waals surface area (Å²) in [6.45, 7) is 7.95. The van der Waals surface area contributed by atoms with Crippen molar-refractivity contribution in [3.63, 3.8) is 0 Å². The van der Waals surface area contributed by atoms with Crippen LogP contribution in [0.3, 0.4) is 0 Å². The quantitative estimate of drug-likeness (QED) is 0.637. The average Bonchev–Trinajstić information content (AvgIpc) is 3.30. The predicted octanol–water partition coefficient (Wildman–Crippen LogP) is 2.46. The fraction of sp³-hybridized carbons (Fsp3) is 0.650. The van der Waals surface area contributed by atoms with Crippen LogP contribution in [0, 0.1) is 5.92 Å². The summed E-state index contributed by atoms with van der Waals surface area (Å²) in [6.07, 6.45) is 3.89. The van der Waals surface area contributed by atoms with E-state index in [0.717, 1.165) is 18.4 Å². The van der Waals surface area contributed by atoms with Crippen LogP contribution in [0.2, 0.25) is 0 Å². The molecule has 25 heavy (non-hydrogen) atoms. The van der Waals surface area contributed by atoms with E-state index in [4.69, 9.17) is 0 Å². The standard InChI is InChI=1S/C20H33N5/c1-16(18-7-6-8-19(13-18)25-10-4-5-11-25)23-20(21-2)22-14-17-9-12-24(3)15-17/h6-8,13,16-17H,4-5,9-12,14-15H2,1-3H3,(H2,21,22,23). The molecule has 2 atom stereocenters. The van der Waals surface area contributed by atoms with E-state index in [1.165, 1.54) is 56.7 Å². The number of anilines is 1. The van der Waals surface area contributed by atoms with Crippen molar-refractivity contribution in [1.29, 1.82) is 0 Å². The fourth-order valence-corrected chi connectivity index (χ4v) is 3.88. The second-order valence-electron chi connectivity index (χ2n) is 7.53. The van der Waals surface area contributed by atoms with Gasteiger partial charge >= 0.3 is 0 Å². The van der Waals surface area contributed by atoms with Crippen LogP contribution in [0.25, 0.3) is 0 Å². The molecule has 2 heterocycles. The number of benzene rings is 1. The van der Waals surface area contributed by atoms with Crippen molar-refractivity contribution in [1.82, 2.24) is 15.5 Å². The molecule has 0 aliphatic carbocycles. The molecule has 0 aromatic heterocycles. The Morgan fingerprint density at radius 3 is 2.76 bits per heavy atom. The van der Waals surface area contributed by atoms with E-state index >= 15 is 0 Å². The topological polar surface area (TPSA) is 42.9 Å². The van der Waals surface area contributed by atoms with Gasteiger partial charge in [-0.1, -0.05) is 12.1 Å². The Bertz CT molecular complexity index is 579. The first-order chi connectivity index (χ1) is 12.2. The van der Waals surface area contributed by atoms with Gasteiger partial charge in [-0.15, -0.1) is 0 Å². The van der Waals surface area contributed by atoms with Crippen LogP contribution in [-0.2, 0) is 0 Å². The summed E-state index contributed by atoms with van der Waals surface area (Å²) < 4.78 is 0. The molecule has 2 saturated heterocycles. The van der Waals surface area contributed by atoms with Crippen LogP contribution in [-0.4, -0.2) is 57.7 Å². The van der Waals surface area contributed by atoms with Crippen molar-refractivity contribution >= 4 is 11.6 Å². The van der Waals surface area contributed by atoms with E-state index in [9.17, 15) is 0 Å². The largest absolute Gasteiger partial charge is 0.372 e. The number of hydrogen-bond donors (Lipinski definition) is 2. The van der Waals surface area contributed by atoms with E-state index in [1.807, 2.05) is 7.05 Å². The highest BCUT2D eigenvalue weighted by Gasteiger charge is 2.20. The summed E-state index contributed by atoms with van der Waals surface area (Å²) in [7, 11) is 4.05. The number of nitrogens with zero attached hydrogens (tertiary/aromatic N) is 3. The van der Waals surface area contributed by atoms with Crippen LogP contribution < -0.4 is 15.5 Å². The first kappa shape index (κ1) is 18.1. The molecule has 0 amide bonds. The second kappa shape index (κ2) is 8.56. The lowest BCUT2D eigenvalue weighted by Gasteiger charge is -2.22. The predicted molar refractivity (Wildman–Crippen MR) is 106 cm³/mol. The van der Waals surface area contributed by atoms with Gasteiger partial charge < -0.3 is 20.4 Å². The van der Waals surface area contributed by atoms with Crippen molar-refractivity contribution in [2.45, 2.75) is 32.2 Å². The summed E-state index contributed by atoms with van der Waals surface area (Å²) in [5, 5.41) is 7.05. The molecule has 0 spiro atoms. The number of aliphatic imine (C=N–C) groups is 1. The summed E-state index contributed by atoms with van der Waals surface area (Å²) in [5.41, 5.74) is 2.66. The van der Waals surface area contributed by atoms with E-state index in [1.54, 1.807) is 0 Å². The molecule has 5 nitrogen and oxygen atoms in total. The minimum atomic E-state index is 0.236. The third-order valence-electron chi connectivity index (χ3n) is 5.47. The first-order valence-corrected chi connectivity index (χ1v) is 9.66. The molecule has 2 fully saturated rings. The Hall–Kier alpha value is -1.75. The van der Waals surface area contributed by atoms with Crippen molar-refractivity contribution in [2.24, 2.45) is 10.9 Å². The van der Waals surface area contributed by atoms with Gasteiger partial charge in [-0.2, -0.15) is 0 Å². The monoisotopic (exact) mass is 343 g/mol. The van der Waals surface area contributed by atoms with Crippen molar-refractivity contribution < 1.29 is 0 Å². The molecule has 5 heteroatoms. The molecular formula is C20H33N5. The van der Waals surface area contributed by atoms with Gasteiger partial charge in [0.15, 0.2) is 5.96 Å². The molecule has 3 rings (SSSR count). The van der Waals surface area contributed by atoms with Crippen molar-refractivity contribution in [2.75, 3.05) is 51.7 Å². The van der Waals surface area contributed by atoms with Gasteiger partial charge in [-0.25, -0.2) is 0 Å². The number of likely N-dealkylation sites (tertiary alicyclic amines) is 1. The van der Waals surface area contributed by atoms with E-state index in [-0.39, 0.29) is 6.04 Å². The van der Waals surface area contributed by atoms with Gasteiger partial charge in [0.05, 0.1) is 6.04 Å². The highest BCUT2D eigenvalue weighted by Crippen LogP contribution is 2.24. The van der Waals surface area contributed by atoms with Crippen LogP contribution in [0.1, 0.15) is 37.8 Å². The van der Waals surface area contributed by atoms with Crippen molar-refractivity contribution in [3.05, 3.63) is 29.8 Å². The zero-order valence-electron chi connectivity index (χ0n) is 16.0. The molecule has 2 unspecified atom stereocenters. The molecule has 0 bridgehead atoms. The van der Waals surface area contributed by atoms with Crippen LogP contribution in [0.15, 0.2) is 29.3 Å². The van der Waals surface area contributed by atoms with Gasteiger partial charge in [-0.05, 0) is 63.4 Å². The molecule has 2 aliphatic rings. The molecule has 1 aromatic carbocycles. The maximum absolute atomic E-state index is 4.40. The minimum absolute atomic E-state index is 0.236. The van der Waals surface area contributed by atoms with Gasteiger partial charge in [0.2, 0.25) is 0 Å². The Morgan fingerprint density at radius 1 is 1.28 bits per heavy atom. The maximum Gasteiger partial charge on any atom is 0.191 e. The normalized spacial score (nSPS) is 23.1. The summed E-state index contributed by atoms with van der Waals surface area (Å²) in [6, 6.07) is 9.16. The van der Waals surface area contributed by atoms with E-state index < -0.39 is 0 Å². The lowest BCUT2D eigenvalue weighted by Crippen LogP contribution is -2.41. The maximum atomic E-state index is 4.40. The Morgan fingerprint density at radius 2 is 2.08 bits per heavy atom. The third-order valence-corrected chi connectivity index (χ3v) is 5.47. The lowest BCUT2D eigenvalue weighted by atomic mass is 10.1. The van der Waals surface area contributed by atoms with Crippen LogP contribution >= 0.6 is 0 Å². The van der Waals surface area contributed by atoms with Gasteiger partial charge in [-0.3, -0.25) is 4.99 Å². The summed E-state index contributed by atoms with van der Waals surface area (Å²) in [4.78, 5) is 9.29. The highest BCUT2D eigenvalue weighted by atomic mass is 15.2.